The van der Waals surface area contributed by atoms with Crippen molar-refractivity contribution in [3.63, 3.8) is 0 Å². The van der Waals surface area contributed by atoms with Gasteiger partial charge in [-0.2, -0.15) is 5.26 Å². The number of esters is 1. The van der Waals surface area contributed by atoms with Crippen LogP contribution in [-0.4, -0.2) is 30.3 Å². The maximum Gasteiger partial charge on any atom is 0.408 e. The number of nitriles is 1. The van der Waals surface area contributed by atoms with Gasteiger partial charge in [-0.05, 0) is 44.5 Å². The summed E-state index contributed by atoms with van der Waals surface area (Å²) in [7, 11) is 0. The van der Waals surface area contributed by atoms with E-state index in [1.807, 2.05) is 36.4 Å². The number of carbonyl (C=O) groups excluding carboxylic acids is 2. The fourth-order valence-corrected chi connectivity index (χ4v) is 2.48. The van der Waals surface area contributed by atoms with Gasteiger partial charge in [0.25, 0.3) is 0 Å². The molecule has 7 nitrogen and oxygen atoms in total. The van der Waals surface area contributed by atoms with Crippen molar-refractivity contribution in [2.24, 2.45) is 0 Å². The Morgan fingerprint density at radius 1 is 1.10 bits per heavy atom. The Morgan fingerprint density at radius 3 is 2.50 bits per heavy atom. The van der Waals surface area contributed by atoms with Crippen molar-refractivity contribution < 1.29 is 23.8 Å². The smallest absolute Gasteiger partial charge is 0.408 e. The number of hydrogen-bond donors (Lipinski definition) is 1. The molecule has 0 radical (unpaired) electrons. The van der Waals surface area contributed by atoms with Crippen LogP contribution in [0.25, 0.3) is 0 Å². The van der Waals surface area contributed by atoms with Crippen molar-refractivity contribution in [3.8, 4) is 11.8 Å². The molecule has 0 saturated carbocycles. The molecule has 0 aromatic heterocycles. The fraction of sp³-hybridized carbons (Fsp3) is 0.348. The van der Waals surface area contributed by atoms with E-state index in [9.17, 15) is 9.59 Å². The van der Waals surface area contributed by atoms with Gasteiger partial charge in [0, 0.05) is 0 Å². The number of nitrogens with one attached hydrogen (secondary N) is 1. The molecule has 0 fully saturated rings. The molecule has 0 unspecified atom stereocenters. The minimum absolute atomic E-state index is 0.00849. The average molecular weight is 410 g/mol. The van der Waals surface area contributed by atoms with Gasteiger partial charge < -0.3 is 19.5 Å². The molecule has 2 aromatic carbocycles. The Labute approximate surface area is 176 Å². The number of nitrogens with zero attached hydrogens (tertiary/aromatic N) is 1. The van der Waals surface area contributed by atoms with E-state index in [-0.39, 0.29) is 19.6 Å². The first-order valence-electron chi connectivity index (χ1n) is 9.57. The molecule has 0 spiro atoms. The standard InChI is InChI=1S/C23H26N2O5/c1-23(2,3)30-22(27)25-19(16-28-20-11-7-10-18(12-20)14-24)13-21(26)29-15-17-8-5-4-6-9-17/h4-12,19H,13,15-16H2,1-3H3,(H,25,27)/t19-/m0/s1. The van der Waals surface area contributed by atoms with Crippen LogP contribution in [0.3, 0.4) is 0 Å². The number of alkyl carbamates (subject to hydrolysis) is 1. The Kier molecular flexibility index (Phi) is 8.24. The summed E-state index contributed by atoms with van der Waals surface area (Å²) < 4.78 is 16.2. The lowest BCUT2D eigenvalue weighted by atomic mass is 10.2. The molecule has 0 saturated heterocycles. The Balaban J connectivity index is 1.97. The summed E-state index contributed by atoms with van der Waals surface area (Å²) in [4.78, 5) is 24.4. The van der Waals surface area contributed by atoms with E-state index >= 15 is 0 Å². The summed E-state index contributed by atoms with van der Waals surface area (Å²) >= 11 is 0. The second-order valence-electron chi connectivity index (χ2n) is 7.64. The lowest BCUT2D eigenvalue weighted by Crippen LogP contribution is -2.43. The monoisotopic (exact) mass is 410 g/mol. The van der Waals surface area contributed by atoms with Gasteiger partial charge in [0.15, 0.2) is 0 Å². The Bertz CT molecular complexity index is 884. The van der Waals surface area contributed by atoms with E-state index in [2.05, 4.69) is 5.32 Å². The summed E-state index contributed by atoms with van der Waals surface area (Å²) in [6, 6.07) is 17.3. The maximum absolute atomic E-state index is 12.3. The van der Waals surface area contributed by atoms with Gasteiger partial charge >= 0.3 is 12.1 Å². The first-order valence-corrected chi connectivity index (χ1v) is 9.57. The highest BCUT2D eigenvalue weighted by Crippen LogP contribution is 2.14. The maximum atomic E-state index is 12.3. The van der Waals surface area contributed by atoms with Gasteiger partial charge in [0.1, 0.15) is 24.6 Å². The molecule has 30 heavy (non-hydrogen) atoms. The summed E-state index contributed by atoms with van der Waals surface area (Å²) in [6.45, 7) is 5.40. The molecule has 7 heteroatoms. The number of ether oxygens (including phenoxy) is 3. The number of hydrogen-bond acceptors (Lipinski definition) is 6. The van der Waals surface area contributed by atoms with Crippen LogP contribution in [0.4, 0.5) is 4.79 Å². The van der Waals surface area contributed by atoms with Gasteiger partial charge in [0.05, 0.1) is 24.1 Å². The third kappa shape index (κ3) is 8.65. The Morgan fingerprint density at radius 2 is 1.83 bits per heavy atom. The van der Waals surface area contributed by atoms with Gasteiger partial charge in [-0.1, -0.05) is 36.4 Å². The van der Waals surface area contributed by atoms with Crippen LogP contribution in [0.1, 0.15) is 38.3 Å². The van der Waals surface area contributed by atoms with Crippen LogP contribution >= 0.6 is 0 Å². The molecule has 1 amide bonds. The second kappa shape index (κ2) is 10.9. The van der Waals surface area contributed by atoms with Crippen molar-refractivity contribution in [3.05, 3.63) is 65.7 Å². The third-order valence-electron chi connectivity index (χ3n) is 3.79. The van der Waals surface area contributed by atoms with Crippen LogP contribution in [0.5, 0.6) is 5.75 Å². The zero-order valence-electron chi connectivity index (χ0n) is 17.4. The molecule has 2 aromatic rings. The molecule has 1 N–H and O–H groups in total. The number of rotatable bonds is 8. The predicted molar refractivity (Wildman–Crippen MR) is 111 cm³/mol. The van der Waals surface area contributed by atoms with Crippen molar-refractivity contribution in [2.45, 2.75) is 45.4 Å². The zero-order chi connectivity index (χ0) is 22.0. The van der Waals surface area contributed by atoms with Crippen LogP contribution in [0.2, 0.25) is 0 Å². The highest BCUT2D eigenvalue weighted by atomic mass is 16.6. The van der Waals surface area contributed by atoms with Crippen LogP contribution < -0.4 is 10.1 Å². The van der Waals surface area contributed by atoms with Crippen molar-refractivity contribution in [2.75, 3.05) is 6.61 Å². The third-order valence-corrected chi connectivity index (χ3v) is 3.79. The number of benzene rings is 2. The lowest BCUT2D eigenvalue weighted by molar-refractivity contribution is -0.145. The SMILES string of the molecule is CC(C)(C)OC(=O)N[C@H](COc1cccc(C#N)c1)CC(=O)OCc1ccccc1. The molecule has 0 aliphatic carbocycles. The highest BCUT2D eigenvalue weighted by Gasteiger charge is 2.22. The van der Waals surface area contributed by atoms with E-state index in [4.69, 9.17) is 19.5 Å². The van der Waals surface area contributed by atoms with Gasteiger partial charge in [-0.25, -0.2) is 4.79 Å². The molecule has 0 heterocycles. The summed E-state index contributed by atoms with van der Waals surface area (Å²) in [5.74, 6) is -0.0167. The predicted octanol–water partition coefficient (Wildman–Crippen LogP) is 3.96. The summed E-state index contributed by atoms with van der Waals surface area (Å²) in [6.07, 6.45) is -0.748. The van der Waals surface area contributed by atoms with E-state index in [1.54, 1.807) is 45.0 Å². The van der Waals surface area contributed by atoms with Crippen molar-refractivity contribution in [1.29, 1.82) is 5.26 Å². The van der Waals surface area contributed by atoms with Crippen LogP contribution in [-0.2, 0) is 20.9 Å². The molecular formula is C23H26N2O5. The molecular weight excluding hydrogens is 384 g/mol. The molecule has 0 aliphatic rings. The number of amides is 1. The molecule has 2 rings (SSSR count). The summed E-state index contributed by atoms with van der Waals surface area (Å²) in [5.41, 5.74) is 0.642. The highest BCUT2D eigenvalue weighted by molar-refractivity contribution is 5.73. The largest absolute Gasteiger partial charge is 0.491 e. The first kappa shape index (κ1) is 22.8. The Hall–Kier alpha value is -3.53. The molecule has 0 aliphatic heterocycles. The molecule has 1 atom stereocenters. The quantitative estimate of drug-likeness (QED) is 0.662. The molecule has 0 bridgehead atoms. The fourth-order valence-electron chi connectivity index (χ4n) is 2.48. The van der Waals surface area contributed by atoms with Gasteiger partial charge in [-0.15, -0.1) is 0 Å². The zero-order valence-corrected chi connectivity index (χ0v) is 17.4. The average Bonchev–Trinajstić information content (AvgIpc) is 2.70. The minimum atomic E-state index is -0.676. The van der Waals surface area contributed by atoms with E-state index < -0.39 is 23.7 Å². The van der Waals surface area contributed by atoms with E-state index in [0.29, 0.717) is 11.3 Å². The lowest BCUT2D eigenvalue weighted by Gasteiger charge is -2.23. The van der Waals surface area contributed by atoms with E-state index in [0.717, 1.165) is 5.56 Å². The summed E-state index contributed by atoms with van der Waals surface area (Å²) in [5, 5.41) is 11.6. The van der Waals surface area contributed by atoms with Gasteiger partial charge in [0.2, 0.25) is 0 Å². The van der Waals surface area contributed by atoms with Crippen molar-refractivity contribution >= 4 is 12.1 Å². The second-order valence-corrected chi connectivity index (χ2v) is 7.64. The number of carbonyl (C=O) groups is 2. The first-order chi connectivity index (χ1) is 14.2. The van der Waals surface area contributed by atoms with E-state index in [1.165, 1.54) is 0 Å². The van der Waals surface area contributed by atoms with Gasteiger partial charge in [-0.3, -0.25) is 4.79 Å². The van der Waals surface area contributed by atoms with Crippen molar-refractivity contribution in [1.82, 2.24) is 5.32 Å². The van der Waals surface area contributed by atoms with Crippen LogP contribution in [0.15, 0.2) is 54.6 Å². The minimum Gasteiger partial charge on any atom is -0.491 e. The topological polar surface area (TPSA) is 97.6 Å². The molecule has 158 valence electrons. The normalized spacial score (nSPS) is 11.7. The van der Waals surface area contributed by atoms with Crippen LogP contribution in [0, 0.1) is 11.3 Å².